The molecule has 0 radical (unpaired) electrons. The van der Waals surface area contributed by atoms with Gasteiger partial charge in [-0.15, -0.1) is 0 Å². The molecule has 0 spiro atoms. The molecule has 0 aliphatic heterocycles. The van der Waals surface area contributed by atoms with Gasteiger partial charge < -0.3 is 0 Å². The second-order valence-corrected chi connectivity index (χ2v) is 4.93. The van der Waals surface area contributed by atoms with E-state index in [1.165, 1.54) is 4.26 Å². The van der Waals surface area contributed by atoms with Crippen molar-refractivity contribution in [2.75, 3.05) is 11.9 Å². The van der Waals surface area contributed by atoms with Crippen LogP contribution < -0.4 is 5.32 Å². The van der Waals surface area contributed by atoms with Crippen LogP contribution in [0.5, 0.6) is 0 Å². The van der Waals surface area contributed by atoms with Crippen LogP contribution in [-0.2, 0) is 0 Å². The zero-order chi connectivity index (χ0) is 9.80. The van der Waals surface area contributed by atoms with E-state index >= 15 is 0 Å². The minimum absolute atomic E-state index is 0.339. The normalized spacial score (nSPS) is 9.50. The molecule has 70 valence electrons. The predicted octanol–water partition coefficient (Wildman–Crippen LogP) is 1.73. The van der Waals surface area contributed by atoms with Gasteiger partial charge in [-0.1, -0.05) is 0 Å². The third kappa shape index (κ3) is 1.98. The molecule has 2 nitrogen and oxygen atoms in total. The summed E-state index contributed by atoms with van der Waals surface area (Å²) in [4.78, 5) is 4.49. The van der Waals surface area contributed by atoms with Gasteiger partial charge in [-0.05, 0) is 0 Å². The Hall–Kier alpha value is -1.23. The first kappa shape index (κ1) is 9.33. The molecule has 1 aromatic carbocycles. The number of hydrogen-bond acceptors (Lipinski definition) is 2. The number of nitrogens with zero attached hydrogens (tertiary/aromatic N) is 1. The van der Waals surface area contributed by atoms with E-state index in [1.54, 1.807) is 0 Å². The maximum absolute atomic E-state index is 4.49. The van der Waals surface area contributed by atoms with Gasteiger partial charge in [0.1, 0.15) is 0 Å². The van der Waals surface area contributed by atoms with Crippen molar-refractivity contribution in [3.8, 4) is 11.8 Å². The minimum atomic E-state index is 0.339. The van der Waals surface area contributed by atoms with E-state index in [0.29, 0.717) is 21.0 Å². The van der Waals surface area contributed by atoms with Crippen LogP contribution in [0.4, 0.5) is 4.69 Å². The average Bonchev–Trinajstić information content (AvgIpc) is 2.60. The molecule has 0 bridgehead atoms. The third-order valence-corrected chi connectivity index (χ3v) is 3.88. The Balaban J connectivity index is 2.21. The van der Waals surface area contributed by atoms with E-state index in [4.69, 9.17) is 0 Å². The van der Waals surface area contributed by atoms with E-state index in [0.717, 1.165) is 10.2 Å². The van der Waals surface area contributed by atoms with Crippen LogP contribution in [0.15, 0.2) is 24.3 Å². The Bertz CT molecular complexity index is 457. The first-order chi connectivity index (χ1) is 6.90. The summed E-state index contributed by atoms with van der Waals surface area (Å²) in [5.74, 6) is 5.82. The van der Waals surface area contributed by atoms with Gasteiger partial charge in [0, 0.05) is 0 Å². The van der Waals surface area contributed by atoms with Crippen molar-refractivity contribution in [1.82, 2.24) is 4.98 Å². The molecule has 1 heterocycles. The van der Waals surface area contributed by atoms with Crippen molar-refractivity contribution >= 4 is 29.0 Å². The summed E-state index contributed by atoms with van der Waals surface area (Å²) in [6.45, 7) is 2.54. The van der Waals surface area contributed by atoms with Crippen molar-refractivity contribution in [3.63, 3.8) is 0 Å². The van der Waals surface area contributed by atoms with Crippen molar-refractivity contribution < 1.29 is 0 Å². The van der Waals surface area contributed by atoms with E-state index < -0.39 is 0 Å². The molecule has 0 amide bonds. The van der Waals surface area contributed by atoms with E-state index in [9.17, 15) is 0 Å². The molecule has 0 aliphatic rings. The van der Waals surface area contributed by atoms with Gasteiger partial charge in [0.2, 0.25) is 0 Å². The molecule has 3 heteroatoms. The van der Waals surface area contributed by atoms with Crippen LogP contribution >= 0.6 is 0 Å². The first-order valence-corrected chi connectivity index (χ1v) is 6.10. The monoisotopic (exact) mass is 250 g/mol. The summed E-state index contributed by atoms with van der Waals surface area (Å²) in [5.41, 5.74) is 1.11. The molecule has 0 aliphatic carbocycles. The quantitative estimate of drug-likeness (QED) is 0.647. The molecular formula is C11H10N2Se. The summed E-state index contributed by atoms with van der Waals surface area (Å²) < 4.78 is 2.44. The number of rotatable bonds is 2. The average molecular weight is 249 g/mol. The summed E-state index contributed by atoms with van der Waals surface area (Å²) in [6, 6.07) is 8.27. The van der Waals surface area contributed by atoms with Gasteiger partial charge in [-0.25, -0.2) is 0 Å². The Morgan fingerprint density at radius 3 is 3.07 bits per heavy atom. The number of para-hydroxylation sites is 1. The van der Waals surface area contributed by atoms with Crippen LogP contribution in [0.3, 0.4) is 0 Å². The van der Waals surface area contributed by atoms with Gasteiger partial charge in [0.05, 0.1) is 0 Å². The molecule has 0 unspecified atom stereocenters. The maximum atomic E-state index is 4.49. The molecule has 14 heavy (non-hydrogen) atoms. The summed E-state index contributed by atoms with van der Waals surface area (Å²) in [7, 11) is 0. The molecule has 0 atom stereocenters. The van der Waals surface area contributed by atoms with Crippen LogP contribution in [0, 0.1) is 11.8 Å². The van der Waals surface area contributed by atoms with Crippen molar-refractivity contribution in [2.24, 2.45) is 0 Å². The van der Waals surface area contributed by atoms with Gasteiger partial charge >= 0.3 is 88.8 Å². The summed E-state index contributed by atoms with van der Waals surface area (Å²) in [6.07, 6.45) is 0. The first-order valence-electron chi connectivity index (χ1n) is 4.39. The fourth-order valence-corrected chi connectivity index (χ4v) is 2.96. The van der Waals surface area contributed by atoms with Crippen LogP contribution in [0.2, 0.25) is 0 Å². The number of fused-ring (bicyclic) bond motifs is 1. The second kappa shape index (κ2) is 4.32. The standard InChI is InChI=1S/C11H10N2Se/c1-2-3-8-12-11-13-9-6-4-5-7-10(9)14-11/h4-7H,8H2,1H3,(H,12,13). The molecule has 1 N–H and O–H groups in total. The van der Waals surface area contributed by atoms with Gasteiger partial charge in [-0.2, -0.15) is 0 Å². The third-order valence-electron chi connectivity index (χ3n) is 1.80. The van der Waals surface area contributed by atoms with Gasteiger partial charge in [-0.3, -0.25) is 0 Å². The van der Waals surface area contributed by atoms with E-state index in [2.05, 4.69) is 40.3 Å². The number of benzene rings is 1. The summed E-state index contributed by atoms with van der Waals surface area (Å²) in [5, 5.41) is 3.23. The number of anilines is 1. The SMILES string of the molecule is CC#CCNc1nc2ccccc2[se]1. The molecule has 2 aromatic rings. The van der Waals surface area contributed by atoms with Crippen LogP contribution in [0.25, 0.3) is 9.78 Å². The molecule has 0 saturated carbocycles. The van der Waals surface area contributed by atoms with Crippen LogP contribution in [0.1, 0.15) is 6.92 Å². The number of nitrogens with one attached hydrogen (secondary N) is 1. The zero-order valence-corrected chi connectivity index (χ0v) is 9.59. The Labute approximate surface area is 89.1 Å². The Morgan fingerprint density at radius 2 is 2.29 bits per heavy atom. The van der Waals surface area contributed by atoms with Gasteiger partial charge in [0.25, 0.3) is 0 Å². The Kier molecular flexibility index (Phi) is 2.88. The fourth-order valence-electron chi connectivity index (χ4n) is 1.16. The number of aromatic nitrogens is 1. The second-order valence-electron chi connectivity index (χ2n) is 2.77. The molecule has 0 fully saturated rings. The van der Waals surface area contributed by atoms with E-state index in [1.807, 2.05) is 13.0 Å². The Morgan fingerprint density at radius 1 is 1.43 bits per heavy atom. The molecule has 2 rings (SSSR count). The summed E-state index contributed by atoms with van der Waals surface area (Å²) >= 11 is 0.339. The van der Waals surface area contributed by atoms with E-state index in [-0.39, 0.29) is 0 Å². The molecule has 0 saturated heterocycles. The van der Waals surface area contributed by atoms with Crippen molar-refractivity contribution in [3.05, 3.63) is 24.3 Å². The van der Waals surface area contributed by atoms with Crippen molar-refractivity contribution in [1.29, 1.82) is 0 Å². The zero-order valence-electron chi connectivity index (χ0n) is 7.87. The molecular weight excluding hydrogens is 239 g/mol. The van der Waals surface area contributed by atoms with Crippen molar-refractivity contribution in [2.45, 2.75) is 6.92 Å². The fraction of sp³-hybridized carbons (Fsp3) is 0.182. The topological polar surface area (TPSA) is 24.9 Å². The van der Waals surface area contributed by atoms with Gasteiger partial charge in [0.15, 0.2) is 0 Å². The predicted molar refractivity (Wildman–Crippen MR) is 60.6 cm³/mol. The number of hydrogen-bond donors (Lipinski definition) is 1. The van der Waals surface area contributed by atoms with Crippen LogP contribution in [-0.4, -0.2) is 26.0 Å². The molecule has 1 aromatic heterocycles.